The van der Waals surface area contributed by atoms with Crippen molar-refractivity contribution < 1.29 is 9.59 Å². The lowest BCUT2D eigenvalue weighted by molar-refractivity contribution is -0.115. The summed E-state index contributed by atoms with van der Waals surface area (Å²) in [5.74, 6) is 0.0304. The number of amides is 2. The van der Waals surface area contributed by atoms with Gasteiger partial charge in [0.05, 0.1) is 0 Å². The summed E-state index contributed by atoms with van der Waals surface area (Å²) in [4.78, 5) is 21.3. The number of rotatable bonds is 6. The molecule has 20 heavy (non-hydrogen) atoms. The first-order valence-electron chi connectivity index (χ1n) is 7.17. The summed E-state index contributed by atoms with van der Waals surface area (Å²) < 4.78 is 0. The molecule has 0 aliphatic heterocycles. The van der Waals surface area contributed by atoms with Crippen molar-refractivity contribution in [3.05, 3.63) is 23.3 Å². The molecule has 2 amide bonds. The first-order valence-corrected chi connectivity index (χ1v) is 7.17. The van der Waals surface area contributed by atoms with Crippen LogP contribution < -0.4 is 11.5 Å². The Morgan fingerprint density at radius 3 is 1.60 bits per heavy atom. The monoisotopic (exact) mass is 282 g/mol. The maximum Gasteiger partial charge on any atom is 0.244 e. The van der Waals surface area contributed by atoms with Crippen LogP contribution in [0.5, 0.6) is 0 Å². The third-order valence-corrected chi connectivity index (χ3v) is 2.57. The summed E-state index contributed by atoms with van der Waals surface area (Å²) in [6.45, 7) is 11.9. The Labute approximate surface area is 123 Å². The van der Waals surface area contributed by atoms with Crippen LogP contribution in [0.3, 0.4) is 0 Å². The van der Waals surface area contributed by atoms with Gasteiger partial charge in [0.2, 0.25) is 11.8 Å². The quantitative estimate of drug-likeness (QED) is 0.734. The molecule has 0 saturated heterocycles. The highest BCUT2D eigenvalue weighted by Gasteiger charge is 2.09. The maximum atomic E-state index is 10.8. The van der Waals surface area contributed by atoms with E-state index in [0.717, 1.165) is 24.0 Å². The van der Waals surface area contributed by atoms with Gasteiger partial charge in [0.25, 0.3) is 0 Å². The van der Waals surface area contributed by atoms with Gasteiger partial charge in [0, 0.05) is 11.1 Å². The van der Waals surface area contributed by atoms with E-state index in [1.807, 2.05) is 53.7 Å². The standard InChI is InChI=1S/C9H17NO.C7H13NO/c1-6(2)5-8(7(3)4)9(10)11;1-3-5-6(4-2)7(8)9/h5-7H,1-4H3,(H2,10,11);5H,3-4H2,1-2H3,(H2,8,9)/b8-5-;6-5-. The second kappa shape index (κ2) is 11.3. The van der Waals surface area contributed by atoms with E-state index < -0.39 is 0 Å². The number of nitrogens with two attached hydrogens (primary N) is 2. The van der Waals surface area contributed by atoms with Gasteiger partial charge in [-0.15, -0.1) is 0 Å². The van der Waals surface area contributed by atoms with E-state index in [9.17, 15) is 9.59 Å². The van der Waals surface area contributed by atoms with Gasteiger partial charge in [-0.1, -0.05) is 53.7 Å². The van der Waals surface area contributed by atoms with Crippen LogP contribution in [0, 0.1) is 11.8 Å². The summed E-state index contributed by atoms with van der Waals surface area (Å²) in [5.41, 5.74) is 11.7. The fourth-order valence-electron chi connectivity index (χ4n) is 1.58. The van der Waals surface area contributed by atoms with Crippen molar-refractivity contribution in [2.75, 3.05) is 0 Å². The number of carbonyl (C=O) groups is 2. The van der Waals surface area contributed by atoms with Gasteiger partial charge in [-0.05, 0) is 24.7 Å². The normalized spacial score (nSPS) is 12.2. The molecule has 4 N–H and O–H groups in total. The van der Waals surface area contributed by atoms with Gasteiger partial charge < -0.3 is 11.5 Å². The third kappa shape index (κ3) is 10.4. The summed E-state index contributed by atoms with van der Waals surface area (Å²) in [5, 5.41) is 0. The van der Waals surface area contributed by atoms with Crippen LogP contribution in [0.1, 0.15) is 54.4 Å². The molecule has 4 nitrogen and oxygen atoms in total. The van der Waals surface area contributed by atoms with E-state index in [2.05, 4.69) is 0 Å². The van der Waals surface area contributed by atoms with Crippen molar-refractivity contribution in [3.63, 3.8) is 0 Å². The molecule has 0 aromatic heterocycles. The molecule has 0 unspecified atom stereocenters. The van der Waals surface area contributed by atoms with Crippen LogP contribution in [0.4, 0.5) is 0 Å². The summed E-state index contributed by atoms with van der Waals surface area (Å²) >= 11 is 0. The Morgan fingerprint density at radius 1 is 1.00 bits per heavy atom. The summed E-state index contributed by atoms with van der Waals surface area (Å²) in [6, 6.07) is 0. The summed E-state index contributed by atoms with van der Waals surface area (Å²) in [7, 11) is 0. The number of allylic oxidation sites excluding steroid dienone is 2. The predicted octanol–water partition coefficient (Wildman–Crippen LogP) is 2.93. The van der Waals surface area contributed by atoms with Crippen molar-refractivity contribution in [2.45, 2.75) is 54.4 Å². The highest BCUT2D eigenvalue weighted by Crippen LogP contribution is 2.11. The van der Waals surface area contributed by atoms with Crippen LogP contribution in [0.25, 0.3) is 0 Å². The fraction of sp³-hybridized carbons (Fsp3) is 0.625. The molecule has 0 atom stereocenters. The largest absolute Gasteiger partial charge is 0.366 e. The van der Waals surface area contributed by atoms with E-state index >= 15 is 0 Å². The van der Waals surface area contributed by atoms with Gasteiger partial charge in [0.15, 0.2) is 0 Å². The van der Waals surface area contributed by atoms with Gasteiger partial charge in [-0.25, -0.2) is 0 Å². The van der Waals surface area contributed by atoms with Crippen molar-refractivity contribution in [1.29, 1.82) is 0 Å². The van der Waals surface area contributed by atoms with Crippen molar-refractivity contribution in [1.82, 2.24) is 0 Å². The third-order valence-electron chi connectivity index (χ3n) is 2.57. The molecular formula is C16H30N2O2. The van der Waals surface area contributed by atoms with E-state index in [-0.39, 0.29) is 17.7 Å². The average molecular weight is 282 g/mol. The lowest BCUT2D eigenvalue weighted by atomic mass is 9.99. The number of hydrogen-bond acceptors (Lipinski definition) is 2. The summed E-state index contributed by atoms with van der Waals surface area (Å²) in [6.07, 6.45) is 5.41. The molecule has 0 spiro atoms. The molecule has 0 aliphatic carbocycles. The molecular weight excluding hydrogens is 252 g/mol. The first-order chi connectivity index (χ1) is 9.17. The lowest BCUT2D eigenvalue weighted by Gasteiger charge is -2.08. The molecule has 0 rings (SSSR count). The Morgan fingerprint density at radius 2 is 1.50 bits per heavy atom. The van der Waals surface area contributed by atoms with Crippen molar-refractivity contribution >= 4 is 11.8 Å². The van der Waals surface area contributed by atoms with Gasteiger partial charge in [0.1, 0.15) is 0 Å². The van der Waals surface area contributed by atoms with Crippen LogP contribution >= 0.6 is 0 Å². The molecule has 0 aliphatic rings. The molecule has 0 fully saturated rings. The van der Waals surface area contributed by atoms with E-state index in [0.29, 0.717) is 5.92 Å². The minimum atomic E-state index is -0.297. The Balaban J connectivity index is 0. The second-order valence-electron chi connectivity index (χ2n) is 5.24. The topological polar surface area (TPSA) is 86.2 Å². The van der Waals surface area contributed by atoms with E-state index in [1.165, 1.54) is 0 Å². The molecule has 0 aromatic carbocycles. The number of primary amides is 2. The minimum Gasteiger partial charge on any atom is -0.366 e. The highest BCUT2D eigenvalue weighted by molar-refractivity contribution is 5.92. The Bertz CT molecular complexity index is 367. The zero-order valence-electron chi connectivity index (χ0n) is 13.7. The van der Waals surface area contributed by atoms with Gasteiger partial charge >= 0.3 is 0 Å². The zero-order valence-corrected chi connectivity index (χ0v) is 13.7. The SMILES string of the molecule is CC(C)/C=C(\C(N)=O)C(C)C.CC/C=C(/CC)C(N)=O. The Kier molecular flexibility index (Phi) is 11.7. The molecule has 0 saturated carbocycles. The number of hydrogen-bond donors (Lipinski definition) is 2. The number of carbonyl (C=O) groups excluding carboxylic acids is 2. The lowest BCUT2D eigenvalue weighted by Crippen LogP contribution is -2.18. The van der Waals surface area contributed by atoms with Gasteiger partial charge in [-0.2, -0.15) is 0 Å². The maximum absolute atomic E-state index is 10.8. The molecule has 4 heteroatoms. The van der Waals surface area contributed by atoms with Crippen LogP contribution in [-0.2, 0) is 9.59 Å². The van der Waals surface area contributed by atoms with E-state index in [4.69, 9.17) is 11.5 Å². The van der Waals surface area contributed by atoms with Gasteiger partial charge in [-0.3, -0.25) is 9.59 Å². The van der Waals surface area contributed by atoms with Crippen LogP contribution in [0.15, 0.2) is 23.3 Å². The van der Waals surface area contributed by atoms with E-state index in [1.54, 1.807) is 0 Å². The van der Waals surface area contributed by atoms with Crippen molar-refractivity contribution in [2.24, 2.45) is 23.3 Å². The van der Waals surface area contributed by atoms with Crippen LogP contribution in [-0.4, -0.2) is 11.8 Å². The van der Waals surface area contributed by atoms with Crippen LogP contribution in [0.2, 0.25) is 0 Å². The molecule has 116 valence electrons. The minimum absolute atomic E-state index is 0.231. The molecule has 0 bridgehead atoms. The predicted molar refractivity (Wildman–Crippen MR) is 84.8 cm³/mol. The average Bonchev–Trinajstić information content (AvgIpc) is 2.32. The Hall–Kier alpha value is -1.58. The zero-order chi connectivity index (χ0) is 16.3. The first kappa shape index (κ1) is 20.7. The molecule has 0 aromatic rings. The second-order valence-corrected chi connectivity index (χ2v) is 5.24. The highest BCUT2D eigenvalue weighted by atomic mass is 16.1. The smallest absolute Gasteiger partial charge is 0.244 e. The van der Waals surface area contributed by atoms with Crippen molar-refractivity contribution in [3.8, 4) is 0 Å². The molecule has 0 radical (unpaired) electrons. The molecule has 0 heterocycles. The fourth-order valence-corrected chi connectivity index (χ4v) is 1.58.